The Kier molecular flexibility index (Phi) is 6.45. The molecule has 4 heteroatoms. The molecule has 0 amide bonds. The lowest BCUT2D eigenvalue weighted by atomic mass is 9.89. The molecule has 0 bridgehead atoms. The topological polar surface area (TPSA) is 54.2 Å². The van der Waals surface area contributed by atoms with Crippen LogP contribution in [0.3, 0.4) is 0 Å². The summed E-state index contributed by atoms with van der Waals surface area (Å²) in [6.45, 7) is 4.52. The number of aromatic nitrogens is 1. The molecule has 9 rings (SSSR count). The number of furan rings is 1. The van der Waals surface area contributed by atoms with Gasteiger partial charge in [-0.3, -0.25) is 4.99 Å². The quantitative estimate of drug-likeness (QED) is 0.185. The maximum Gasteiger partial charge on any atom is 0.136 e. The van der Waals surface area contributed by atoms with Crippen molar-refractivity contribution in [1.82, 2.24) is 4.57 Å². The highest BCUT2D eigenvalue weighted by molar-refractivity contribution is 6.27. The molecule has 0 fully saturated rings. The van der Waals surface area contributed by atoms with E-state index in [-0.39, 0.29) is 6.04 Å². The van der Waals surface area contributed by atoms with E-state index in [1.165, 1.54) is 10.8 Å². The second-order valence-corrected chi connectivity index (χ2v) is 12.3. The van der Waals surface area contributed by atoms with Crippen molar-refractivity contribution < 1.29 is 4.42 Å². The van der Waals surface area contributed by atoms with Crippen LogP contribution in [-0.4, -0.2) is 10.3 Å². The van der Waals surface area contributed by atoms with Gasteiger partial charge in [-0.2, -0.15) is 5.26 Å². The van der Waals surface area contributed by atoms with Gasteiger partial charge in [0.1, 0.15) is 17.2 Å². The van der Waals surface area contributed by atoms with Crippen LogP contribution < -0.4 is 0 Å². The molecule has 48 heavy (non-hydrogen) atoms. The van der Waals surface area contributed by atoms with Gasteiger partial charge in [-0.25, -0.2) is 0 Å². The molecular weight excluding hydrogens is 587 g/mol. The first-order valence-corrected chi connectivity index (χ1v) is 16.1. The van der Waals surface area contributed by atoms with Crippen LogP contribution in [0.4, 0.5) is 0 Å². The fourth-order valence-corrected chi connectivity index (χ4v) is 7.35. The second-order valence-electron chi connectivity index (χ2n) is 12.3. The molecule has 226 valence electrons. The molecule has 1 atom stereocenters. The smallest absolute Gasteiger partial charge is 0.136 e. The zero-order valence-electron chi connectivity index (χ0n) is 26.1. The Bertz CT molecular complexity index is 2610. The zero-order valence-corrected chi connectivity index (χ0v) is 26.1. The number of rotatable bonds is 4. The number of benzene rings is 6. The molecule has 0 saturated heterocycles. The van der Waals surface area contributed by atoms with Crippen molar-refractivity contribution in [2.75, 3.05) is 0 Å². The van der Waals surface area contributed by atoms with Gasteiger partial charge in [0.25, 0.3) is 0 Å². The van der Waals surface area contributed by atoms with E-state index in [1.807, 2.05) is 48.5 Å². The van der Waals surface area contributed by atoms with Gasteiger partial charge in [0, 0.05) is 32.8 Å². The lowest BCUT2D eigenvalue weighted by Crippen LogP contribution is -2.08. The number of allylic oxidation sites excluding steroid dienone is 2. The molecular formula is C44H29N3O. The lowest BCUT2D eigenvalue weighted by Gasteiger charge is -2.16. The SMILES string of the molecule is C=C1CC(c2ccccc2)=C(C#N)C(c2cccc3oc4ccc(-n5c6ccccc6c6ccccc65)cc4c23)=NC1c1ccccc1. The van der Waals surface area contributed by atoms with Crippen LogP contribution in [0.15, 0.2) is 173 Å². The van der Waals surface area contributed by atoms with E-state index in [1.54, 1.807) is 0 Å². The van der Waals surface area contributed by atoms with Crippen LogP contribution in [0.5, 0.6) is 0 Å². The summed E-state index contributed by atoms with van der Waals surface area (Å²) < 4.78 is 8.81. The Labute approximate surface area is 277 Å². The highest BCUT2D eigenvalue weighted by Gasteiger charge is 2.28. The second kappa shape index (κ2) is 11.1. The van der Waals surface area contributed by atoms with Gasteiger partial charge in [0.05, 0.1) is 28.4 Å². The molecule has 1 unspecified atom stereocenters. The van der Waals surface area contributed by atoms with Gasteiger partial charge in [-0.05, 0) is 65.1 Å². The van der Waals surface area contributed by atoms with Crippen LogP contribution in [0.25, 0.3) is 55.0 Å². The number of nitrogens with zero attached hydrogens (tertiary/aromatic N) is 3. The number of fused-ring (bicyclic) bond motifs is 6. The Morgan fingerprint density at radius 3 is 2.06 bits per heavy atom. The molecule has 1 aliphatic rings. The van der Waals surface area contributed by atoms with E-state index in [2.05, 4.69) is 114 Å². The summed E-state index contributed by atoms with van der Waals surface area (Å²) in [7, 11) is 0. The van der Waals surface area contributed by atoms with Gasteiger partial charge in [-0.1, -0.05) is 116 Å². The molecule has 0 spiro atoms. The van der Waals surface area contributed by atoms with Crippen LogP contribution >= 0.6 is 0 Å². The summed E-state index contributed by atoms with van der Waals surface area (Å²) in [4.78, 5) is 5.41. The predicted octanol–water partition coefficient (Wildman–Crippen LogP) is 11.2. The largest absolute Gasteiger partial charge is 0.456 e. The maximum atomic E-state index is 10.9. The summed E-state index contributed by atoms with van der Waals surface area (Å²) in [6, 6.07) is 52.1. The molecule has 4 nitrogen and oxygen atoms in total. The highest BCUT2D eigenvalue weighted by Crippen LogP contribution is 2.42. The number of hydrogen-bond acceptors (Lipinski definition) is 3. The molecule has 0 radical (unpaired) electrons. The van der Waals surface area contributed by atoms with E-state index in [0.717, 1.165) is 66.5 Å². The first-order valence-electron chi connectivity index (χ1n) is 16.1. The number of nitriles is 1. The average molecular weight is 616 g/mol. The van der Waals surface area contributed by atoms with Gasteiger partial charge in [0.2, 0.25) is 0 Å². The van der Waals surface area contributed by atoms with Gasteiger partial charge >= 0.3 is 0 Å². The number of aliphatic imine (C=N–C) groups is 1. The standard InChI is InChI=1S/C44H29N3O/c1-28-25-35(29-13-4-2-5-14-29)37(27-45)44(46-43(28)30-15-6-3-7-16-30)34-19-12-22-41-42(34)36-26-31(23-24-40(36)48-41)47-38-20-10-8-17-32(38)33-18-9-11-21-39(33)47/h2-24,26,43H,1,25H2. The van der Waals surface area contributed by atoms with E-state index < -0.39 is 0 Å². The summed E-state index contributed by atoms with van der Waals surface area (Å²) in [6.07, 6.45) is 0.541. The third-order valence-corrected chi connectivity index (χ3v) is 9.51. The molecule has 2 aromatic heterocycles. The maximum absolute atomic E-state index is 10.9. The minimum atomic E-state index is -0.313. The third kappa shape index (κ3) is 4.33. The summed E-state index contributed by atoms with van der Waals surface area (Å²) in [5.74, 6) is 0. The van der Waals surface area contributed by atoms with Crippen molar-refractivity contribution >= 4 is 55.0 Å². The van der Waals surface area contributed by atoms with Gasteiger partial charge in [0.15, 0.2) is 0 Å². The van der Waals surface area contributed by atoms with Crippen molar-refractivity contribution in [2.24, 2.45) is 4.99 Å². The molecule has 8 aromatic rings. The Balaban J connectivity index is 1.33. The Hall–Kier alpha value is -6.44. The highest BCUT2D eigenvalue weighted by atomic mass is 16.3. The fraction of sp³-hybridized carbons (Fsp3) is 0.0455. The van der Waals surface area contributed by atoms with Gasteiger partial charge in [-0.15, -0.1) is 0 Å². The molecule has 1 aliphatic heterocycles. The molecule has 0 saturated carbocycles. The van der Waals surface area contributed by atoms with Crippen molar-refractivity contribution in [2.45, 2.75) is 12.5 Å². The molecule has 6 aromatic carbocycles. The van der Waals surface area contributed by atoms with E-state index >= 15 is 0 Å². The van der Waals surface area contributed by atoms with Crippen molar-refractivity contribution in [3.05, 3.63) is 180 Å². The summed E-state index contributed by atoms with van der Waals surface area (Å²) >= 11 is 0. The zero-order chi connectivity index (χ0) is 32.2. The molecule has 0 aliphatic carbocycles. The average Bonchev–Trinajstić information content (AvgIpc) is 3.64. The van der Waals surface area contributed by atoms with E-state index in [0.29, 0.717) is 17.7 Å². The normalized spacial score (nSPS) is 15.3. The molecule has 3 heterocycles. The fourth-order valence-electron chi connectivity index (χ4n) is 7.35. The first-order chi connectivity index (χ1) is 23.7. The van der Waals surface area contributed by atoms with Crippen LogP contribution in [0.2, 0.25) is 0 Å². The minimum absolute atomic E-state index is 0.313. The van der Waals surface area contributed by atoms with Crippen LogP contribution in [0.1, 0.15) is 29.2 Å². The number of hydrogen-bond donors (Lipinski definition) is 0. The molecule has 0 N–H and O–H groups in total. The predicted molar refractivity (Wildman–Crippen MR) is 197 cm³/mol. The minimum Gasteiger partial charge on any atom is -0.456 e. The van der Waals surface area contributed by atoms with Gasteiger partial charge < -0.3 is 8.98 Å². The van der Waals surface area contributed by atoms with Crippen molar-refractivity contribution in [3.8, 4) is 11.8 Å². The summed E-state index contributed by atoms with van der Waals surface area (Å²) in [5, 5.41) is 15.2. The Morgan fingerprint density at radius 2 is 1.35 bits per heavy atom. The Morgan fingerprint density at radius 1 is 0.688 bits per heavy atom. The third-order valence-electron chi connectivity index (χ3n) is 9.51. The van der Waals surface area contributed by atoms with E-state index in [9.17, 15) is 5.26 Å². The van der Waals surface area contributed by atoms with Crippen LogP contribution in [0, 0.1) is 11.3 Å². The monoisotopic (exact) mass is 615 g/mol. The lowest BCUT2D eigenvalue weighted by molar-refractivity contribution is 0.669. The van der Waals surface area contributed by atoms with Crippen molar-refractivity contribution in [3.63, 3.8) is 0 Å². The van der Waals surface area contributed by atoms with E-state index in [4.69, 9.17) is 9.41 Å². The number of para-hydroxylation sites is 2. The van der Waals surface area contributed by atoms with Crippen molar-refractivity contribution in [1.29, 1.82) is 5.26 Å². The van der Waals surface area contributed by atoms with Crippen LogP contribution in [-0.2, 0) is 0 Å². The first kappa shape index (κ1) is 27.8. The summed E-state index contributed by atoms with van der Waals surface area (Å²) in [5.41, 5.74) is 10.9.